The molecule has 2 aromatic carbocycles. The molecule has 0 spiro atoms. The molecule has 0 amide bonds. The Bertz CT molecular complexity index is 672. The summed E-state index contributed by atoms with van der Waals surface area (Å²) in [5, 5.41) is 9.41. The molecular weight excluding hydrogens is 356 g/mol. The first kappa shape index (κ1) is 17.5. The van der Waals surface area contributed by atoms with Crippen LogP contribution in [0.15, 0.2) is 53.0 Å². The van der Waals surface area contributed by atoms with Crippen molar-refractivity contribution in [1.29, 1.82) is 0 Å². The molecule has 23 heavy (non-hydrogen) atoms. The Kier molecular flexibility index (Phi) is 5.47. The molecule has 0 aliphatic heterocycles. The lowest BCUT2D eigenvalue weighted by Crippen LogP contribution is -2.29. The lowest BCUT2D eigenvalue weighted by atomic mass is 9.87. The second-order valence-corrected chi connectivity index (χ2v) is 7.47. The zero-order valence-electron chi connectivity index (χ0n) is 13.5. The van der Waals surface area contributed by atoms with Crippen LogP contribution in [-0.4, -0.2) is 17.2 Å². The van der Waals surface area contributed by atoms with E-state index in [0.717, 1.165) is 10.0 Å². The third-order valence-corrected chi connectivity index (χ3v) is 4.08. The maximum atomic E-state index is 11.5. The molecule has 0 aromatic heterocycles. The summed E-state index contributed by atoms with van der Waals surface area (Å²) in [5.41, 5.74) is 2.16. The van der Waals surface area contributed by atoms with Crippen LogP contribution in [0.2, 0.25) is 0 Å². The number of carbonyl (C=O) groups is 1. The maximum Gasteiger partial charge on any atom is 0.345 e. The summed E-state index contributed by atoms with van der Waals surface area (Å²) in [4.78, 5) is 11.5. The van der Waals surface area contributed by atoms with Crippen LogP contribution in [0.3, 0.4) is 0 Å². The Morgan fingerprint density at radius 1 is 1.17 bits per heavy atom. The first-order valence-corrected chi connectivity index (χ1v) is 8.29. The highest BCUT2D eigenvalue weighted by molar-refractivity contribution is 9.10. The number of hydrogen-bond donors (Lipinski definition) is 1. The molecule has 0 heterocycles. The van der Waals surface area contributed by atoms with Gasteiger partial charge in [0.15, 0.2) is 6.10 Å². The summed E-state index contributed by atoms with van der Waals surface area (Å²) in [6.45, 7) is 6.41. The van der Waals surface area contributed by atoms with Crippen LogP contribution >= 0.6 is 15.9 Å². The SMILES string of the molecule is CC(C)(C)c1ccc(OC(Cc2cccc(Br)c2)C(=O)O)cc1. The van der Waals surface area contributed by atoms with Gasteiger partial charge in [-0.05, 0) is 40.8 Å². The third kappa shape index (κ3) is 5.10. The minimum absolute atomic E-state index is 0.0566. The van der Waals surface area contributed by atoms with Crippen LogP contribution in [0.25, 0.3) is 0 Å². The lowest BCUT2D eigenvalue weighted by Gasteiger charge is -2.20. The molecule has 0 saturated heterocycles. The molecule has 3 nitrogen and oxygen atoms in total. The Morgan fingerprint density at radius 3 is 2.35 bits per heavy atom. The number of carboxylic acid groups (broad SMARTS) is 1. The zero-order chi connectivity index (χ0) is 17.0. The highest BCUT2D eigenvalue weighted by Crippen LogP contribution is 2.25. The Labute approximate surface area is 145 Å². The first-order chi connectivity index (χ1) is 10.8. The van der Waals surface area contributed by atoms with Crippen molar-refractivity contribution in [2.24, 2.45) is 0 Å². The minimum Gasteiger partial charge on any atom is -0.478 e. The number of benzene rings is 2. The van der Waals surface area contributed by atoms with Crippen LogP contribution in [0, 0.1) is 0 Å². The average Bonchev–Trinajstić information content (AvgIpc) is 2.46. The maximum absolute atomic E-state index is 11.5. The van der Waals surface area contributed by atoms with Gasteiger partial charge in [-0.15, -0.1) is 0 Å². The quantitative estimate of drug-likeness (QED) is 0.813. The van der Waals surface area contributed by atoms with E-state index in [2.05, 4.69) is 36.7 Å². The molecule has 2 rings (SSSR count). The van der Waals surface area contributed by atoms with E-state index in [1.54, 1.807) is 0 Å². The van der Waals surface area contributed by atoms with E-state index < -0.39 is 12.1 Å². The summed E-state index contributed by atoms with van der Waals surface area (Å²) in [5.74, 6) is -0.398. The van der Waals surface area contributed by atoms with Gasteiger partial charge in [0.05, 0.1) is 0 Å². The number of carboxylic acids is 1. The van der Waals surface area contributed by atoms with Crippen molar-refractivity contribution in [3.05, 3.63) is 64.1 Å². The molecule has 0 saturated carbocycles. The van der Waals surface area contributed by atoms with Gasteiger partial charge in [0.25, 0.3) is 0 Å². The molecule has 0 fully saturated rings. The Hall–Kier alpha value is -1.81. The molecule has 122 valence electrons. The fourth-order valence-electron chi connectivity index (χ4n) is 2.26. The van der Waals surface area contributed by atoms with E-state index in [-0.39, 0.29) is 5.41 Å². The molecule has 0 radical (unpaired) electrons. The third-order valence-electron chi connectivity index (χ3n) is 3.58. The fraction of sp³-hybridized carbons (Fsp3) is 0.316. The molecule has 2 aromatic rings. The smallest absolute Gasteiger partial charge is 0.345 e. The number of hydrogen-bond acceptors (Lipinski definition) is 2. The van der Waals surface area contributed by atoms with Crippen LogP contribution in [0.4, 0.5) is 0 Å². The predicted octanol–water partition coefficient (Wildman–Crippen LogP) is 4.82. The molecule has 0 aliphatic rings. The number of rotatable bonds is 5. The summed E-state index contributed by atoms with van der Waals surface area (Å²) >= 11 is 3.39. The fourth-order valence-corrected chi connectivity index (χ4v) is 2.70. The summed E-state index contributed by atoms with van der Waals surface area (Å²) in [6, 6.07) is 15.2. The van der Waals surface area contributed by atoms with Gasteiger partial charge in [-0.2, -0.15) is 0 Å². The predicted molar refractivity (Wildman–Crippen MR) is 95.0 cm³/mol. The molecule has 0 bridgehead atoms. The lowest BCUT2D eigenvalue weighted by molar-refractivity contribution is -0.145. The Balaban J connectivity index is 2.12. The van der Waals surface area contributed by atoms with E-state index >= 15 is 0 Å². The van der Waals surface area contributed by atoms with Crippen molar-refractivity contribution in [3.8, 4) is 5.75 Å². The van der Waals surface area contributed by atoms with Gasteiger partial charge in [0.1, 0.15) is 5.75 Å². The highest BCUT2D eigenvalue weighted by atomic mass is 79.9. The van der Waals surface area contributed by atoms with E-state index in [1.165, 1.54) is 5.56 Å². The Morgan fingerprint density at radius 2 is 1.83 bits per heavy atom. The second-order valence-electron chi connectivity index (χ2n) is 6.55. The van der Waals surface area contributed by atoms with Crippen molar-refractivity contribution in [1.82, 2.24) is 0 Å². The summed E-state index contributed by atoms with van der Waals surface area (Å²) in [7, 11) is 0. The summed E-state index contributed by atoms with van der Waals surface area (Å²) < 4.78 is 6.60. The van der Waals surface area contributed by atoms with Gasteiger partial charge in [-0.1, -0.05) is 61.0 Å². The molecule has 0 aliphatic carbocycles. The number of aliphatic carboxylic acids is 1. The van der Waals surface area contributed by atoms with Crippen molar-refractivity contribution >= 4 is 21.9 Å². The summed E-state index contributed by atoms with van der Waals surface area (Å²) in [6.07, 6.45) is -0.597. The van der Waals surface area contributed by atoms with Gasteiger partial charge in [-0.3, -0.25) is 0 Å². The van der Waals surface area contributed by atoms with Crippen molar-refractivity contribution in [3.63, 3.8) is 0 Å². The normalized spacial score (nSPS) is 12.7. The van der Waals surface area contributed by atoms with Crippen LogP contribution in [0.1, 0.15) is 31.9 Å². The van der Waals surface area contributed by atoms with E-state index in [0.29, 0.717) is 12.2 Å². The van der Waals surface area contributed by atoms with Gasteiger partial charge < -0.3 is 9.84 Å². The number of ether oxygens (including phenoxy) is 1. The van der Waals surface area contributed by atoms with Gasteiger partial charge >= 0.3 is 5.97 Å². The van der Waals surface area contributed by atoms with E-state index in [1.807, 2.05) is 48.5 Å². The average molecular weight is 377 g/mol. The molecular formula is C19H21BrO3. The number of halogens is 1. The van der Waals surface area contributed by atoms with E-state index in [4.69, 9.17) is 4.74 Å². The van der Waals surface area contributed by atoms with Crippen LogP contribution in [0.5, 0.6) is 5.75 Å². The topological polar surface area (TPSA) is 46.5 Å². The van der Waals surface area contributed by atoms with Crippen molar-refractivity contribution in [2.45, 2.75) is 38.7 Å². The molecule has 1 atom stereocenters. The zero-order valence-corrected chi connectivity index (χ0v) is 15.1. The standard InChI is InChI=1S/C19H21BrO3/c1-19(2,3)14-7-9-16(10-8-14)23-17(18(21)22)12-13-5-4-6-15(20)11-13/h4-11,17H,12H2,1-3H3,(H,21,22). The largest absolute Gasteiger partial charge is 0.478 e. The second kappa shape index (κ2) is 7.18. The highest BCUT2D eigenvalue weighted by Gasteiger charge is 2.21. The van der Waals surface area contributed by atoms with Gasteiger partial charge in [-0.25, -0.2) is 4.79 Å². The molecule has 1 unspecified atom stereocenters. The molecule has 1 N–H and O–H groups in total. The minimum atomic E-state index is -0.968. The first-order valence-electron chi connectivity index (χ1n) is 7.50. The van der Waals surface area contributed by atoms with Gasteiger partial charge in [0.2, 0.25) is 0 Å². The van der Waals surface area contributed by atoms with Gasteiger partial charge in [0, 0.05) is 10.9 Å². The monoisotopic (exact) mass is 376 g/mol. The van der Waals surface area contributed by atoms with Crippen molar-refractivity contribution < 1.29 is 14.6 Å². The van der Waals surface area contributed by atoms with Crippen molar-refractivity contribution in [2.75, 3.05) is 0 Å². The van der Waals surface area contributed by atoms with E-state index in [9.17, 15) is 9.90 Å². The molecule has 4 heteroatoms. The van der Waals surface area contributed by atoms with Crippen LogP contribution in [-0.2, 0) is 16.6 Å². The van der Waals surface area contributed by atoms with Crippen LogP contribution < -0.4 is 4.74 Å².